The normalized spacial score (nSPS) is 12.9. The van der Waals surface area contributed by atoms with Gasteiger partial charge in [0.05, 0.1) is 6.61 Å². The minimum atomic E-state index is -1.05. The van der Waals surface area contributed by atoms with Crippen LogP contribution in [-0.4, -0.2) is 34.7 Å². The fourth-order valence-electron chi connectivity index (χ4n) is 3.95. The zero-order valence-corrected chi connectivity index (χ0v) is 19.6. The Bertz CT molecular complexity index is 1110. The van der Waals surface area contributed by atoms with Crippen molar-refractivity contribution in [1.29, 1.82) is 0 Å². The van der Waals surface area contributed by atoms with Gasteiger partial charge in [0, 0.05) is 18.0 Å². The summed E-state index contributed by atoms with van der Waals surface area (Å²) in [5, 5.41) is 21.4. The van der Waals surface area contributed by atoms with Gasteiger partial charge in [-0.3, -0.25) is 9.59 Å². The number of hydrogen-bond acceptors (Lipinski definition) is 4. The summed E-state index contributed by atoms with van der Waals surface area (Å²) in [6, 6.07) is 22.1. The first-order valence-corrected chi connectivity index (χ1v) is 11.4. The molecule has 3 aromatic carbocycles. The Morgan fingerprint density at radius 3 is 2.18 bits per heavy atom. The molecule has 3 aromatic rings. The van der Waals surface area contributed by atoms with Gasteiger partial charge in [-0.25, -0.2) is 0 Å². The molecule has 6 nitrogen and oxygen atoms in total. The number of aliphatic carboxylic acids is 1. The smallest absolute Gasteiger partial charge is 0.320 e. The molecule has 0 saturated carbocycles. The molecule has 1 unspecified atom stereocenters. The predicted octanol–water partition coefficient (Wildman–Crippen LogP) is 3.97. The van der Waals surface area contributed by atoms with E-state index in [4.69, 9.17) is 10.8 Å². The van der Waals surface area contributed by atoms with Crippen LogP contribution in [0.15, 0.2) is 72.8 Å². The fourth-order valence-corrected chi connectivity index (χ4v) is 3.95. The molecule has 0 aromatic heterocycles. The van der Waals surface area contributed by atoms with E-state index in [9.17, 15) is 14.7 Å². The average Bonchev–Trinajstić information content (AvgIpc) is 2.84. The van der Waals surface area contributed by atoms with Gasteiger partial charge in [0.2, 0.25) is 0 Å². The number of aliphatic hydroxyl groups excluding tert-OH is 1. The molecule has 178 valence electrons. The zero-order chi connectivity index (χ0) is 24.7. The summed E-state index contributed by atoms with van der Waals surface area (Å²) < 4.78 is 0. The van der Waals surface area contributed by atoms with Crippen LogP contribution < -0.4 is 11.1 Å². The van der Waals surface area contributed by atoms with Crippen molar-refractivity contribution in [2.24, 2.45) is 11.7 Å². The van der Waals surface area contributed by atoms with Crippen LogP contribution in [0.5, 0.6) is 0 Å². The number of carboxylic acid groups (broad SMARTS) is 1. The standard InChI is InChI=1S/C28H32N2O4/c1-18(2)25(22-12-10-21(11-13-22)24-5-3-4-20(14-24)17-31)16-30-27(32)23-8-6-19(7-9-23)15-26(29)28(33)34/h3-14,18,25-26,31H,15-17,29H2,1-2H3,(H,30,32)(H,33,34)/t25-,26?/m1/s1. The Morgan fingerprint density at radius 2 is 1.59 bits per heavy atom. The molecular weight excluding hydrogens is 428 g/mol. The third kappa shape index (κ3) is 6.53. The van der Waals surface area contributed by atoms with Crippen LogP contribution >= 0.6 is 0 Å². The maximum absolute atomic E-state index is 12.7. The molecule has 0 saturated heterocycles. The van der Waals surface area contributed by atoms with Gasteiger partial charge < -0.3 is 21.3 Å². The Morgan fingerprint density at radius 1 is 0.912 bits per heavy atom. The number of amides is 1. The zero-order valence-electron chi connectivity index (χ0n) is 19.6. The van der Waals surface area contributed by atoms with Gasteiger partial charge in [0.25, 0.3) is 5.91 Å². The Kier molecular flexibility index (Phi) is 8.57. The quantitative estimate of drug-likeness (QED) is 0.366. The third-order valence-electron chi connectivity index (χ3n) is 6.06. The van der Waals surface area contributed by atoms with Gasteiger partial charge in [0.1, 0.15) is 6.04 Å². The van der Waals surface area contributed by atoms with Crippen LogP contribution in [0, 0.1) is 5.92 Å². The number of aliphatic hydroxyl groups is 1. The molecule has 34 heavy (non-hydrogen) atoms. The Hall–Kier alpha value is -3.48. The first-order chi connectivity index (χ1) is 16.3. The second kappa shape index (κ2) is 11.6. The first-order valence-electron chi connectivity index (χ1n) is 11.4. The van der Waals surface area contributed by atoms with Gasteiger partial charge >= 0.3 is 5.97 Å². The number of nitrogens with two attached hydrogens (primary N) is 1. The largest absolute Gasteiger partial charge is 0.480 e. The molecule has 0 heterocycles. The summed E-state index contributed by atoms with van der Waals surface area (Å²) in [5.41, 5.74) is 11.0. The number of nitrogens with one attached hydrogen (secondary N) is 1. The highest BCUT2D eigenvalue weighted by Crippen LogP contribution is 2.27. The lowest BCUT2D eigenvalue weighted by Gasteiger charge is -2.22. The van der Waals surface area contributed by atoms with Crippen molar-refractivity contribution in [2.45, 2.75) is 38.8 Å². The van der Waals surface area contributed by atoms with E-state index in [0.717, 1.165) is 27.8 Å². The van der Waals surface area contributed by atoms with Crippen molar-refractivity contribution < 1.29 is 19.8 Å². The first kappa shape index (κ1) is 25.1. The molecule has 5 N–H and O–H groups in total. The molecule has 0 spiro atoms. The van der Waals surface area contributed by atoms with E-state index >= 15 is 0 Å². The molecule has 3 rings (SSSR count). The number of benzene rings is 3. The van der Waals surface area contributed by atoms with Gasteiger partial charge in [-0.1, -0.05) is 68.4 Å². The number of hydrogen-bond donors (Lipinski definition) is 4. The SMILES string of the molecule is CC(C)[C@@H](CNC(=O)c1ccc(CC(N)C(=O)O)cc1)c1ccc(-c2cccc(CO)c2)cc1. The summed E-state index contributed by atoms with van der Waals surface area (Å²) in [6.45, 7) is 4.78. The van der Waals surface area contributed by atoms with Crippen molar-refractivity contribution >= 4 is 11.9 Å². The maximum Gasteiger partial charge on any atom is 0.320 e. The molecule has 0 radical (unpaired) electrons. The van der Waals surface area contributed by atoms with Crippen LogP contribution in [0.4, 0.5) is 0 Å². The van der Waals surface area contributed by atoms with Gasteiger partial charge in [-0.05, 0) is 58.4 Å². The average molecular weight is 461 g/mol. The molecule has 0 bridgehead atoms. The Labute approximate surface area is 200 Å². The molecule has 0 fully saturated rings. The van der Waals surface area contributed by atoms with E-state index in [1.165, 1.54) is 0 Å². The molecule has 0 aliphatic carbocycles. The maximum atomic E-state index is 12.7. The van der Waals surface area contributed by atoms with E-state index in [-0.39, 0.29) is 24.9 Å². The summed E-state index contributed by atoms with van der Waals surface area (Å²) in [4.78, 5) is 23.6. The molecule has 0 aliphatic heterocycles. The summed E-state index contributed by atoms with van der Waals surface area (Å²) in [5.74, 6) is -0.746. The van der Waals surface area contributed by atoms with Gasteiger partial charge in [-0.2, -0.15) is 0 Å². The molecular formula is C28H32N2O4. The predicted molar refractivity (Wildman–Crippen MR) is 133 cm³/mol. The lowest BCUT2D eigenvalue weighted by Crippen LogP contribution is -2.32. The van der Waals surface area contributed by atoms with E-state index in [1.807, 2.05) is 24.3 Å². The monoisotopic (exact) mass is 460 g/mol. The Balaban J connectivity index is 1.65. The molecule has 0 aliphatic rings. The summed E-state index contributed by atoms with van der Waals surface area (Å²) in [7, 11) is 0. The van der Waals surface area contributed by atoms with Crippen LogP contribution in [0.3, 0.4) is 0 Å². The van der Waals surface area contributed by atoms with Crippen molar-refractivity contribution in [3.63, 3.8) is 0 Å². The van der Waals surface area contributed by atoms with Crippen molar-refractivity contribution in [3.8, 4) is 11.1 Å². The van der Waals surface area contributed by atoms with E-state index < -0.39 is 12.0 Å². The number of carbonyl (C=O) groups is 2. The van der Waals surface area contributed by atoms with Crippen molar-refractivity contribution in [1.82, 2.24) is 5.32 Å². The van der Waals surface area contributed by atoms with E-state index in [1.54, 1.807) is 24.3 Å². The van der Waals surface area contributed by atoms with Crippen molar-refractivity contribution in [3.05, 3.63) is 95.1 Å². The van der Waals surface area contributed by atoms with Crippen molar-refractivity contribution in [2.75, 3.05) is 6.54 Å². The molecule has 2 atom stereocenters. The van der Waals surface area contributed by atoms with Gasteiger partial charge in [0.15, 0.2) is 0 Å². The lowest BCUT2D eigenvalue weighted by molar-refractivity contribution is -0.138. The highest BCUT2D eigenvalue weighted by molar-refractivity contribution is 5.94. The van der Waals surface area contributed by atoms with Crippen LogP contribution in [0.1, 0.15) is 46.8 Å². The topological polar surface area (TPSA) is 113 Å². The minimum Gasteiger partial charge on any atom is -0.480 e. The highest BCUT2D eigenvalue weighted by atomic mass is 16.4. The number of carbonyl (C=O) groups excluding carboxylic acids is 1. The third-order valence-corrected chi connectivity index (χ3v) is 6.06. The molecule has 6 heteroatoms. The molecule has 1 amide bonds. The van der Waals surface area contributed by atoms with Crippen LogP contribution in [0.2, 0.25) is 0 Å². The van der Waals surface area contributed by atoms with Crippen LogP contribution in [-0.2, 0) is 17.8 Å². The summed E-state index contributed by atoms with van der Waals surface area (Å²) >= 11 is 0. The number of carboxylic acids is 1. The van der Waals surface area contributed by atoms with Crippen LogP contribution in [0.25, 0.3) is 11.1 Å². The fraction of sp³-hybridized carbons (Fsp3) is 0.286. The number of rotatable bonds is 10. The van der Waals surface area contributed by atoms with E-state index in [0.29, 0.717) is 18.0 Å². The lowest BCUT2D eigenvalue weighted by atomic mass is 9.87. The van der Waals surface area contributed by atoms with E-state index in [2.05, 4.69) is 43.4 Å². The highest BCUT2D eigenvalue weighted by Gasteiger charge is 2.18. The van der Waals surface area contributed by atoms with Gasteiger partial charge in [-0.15, -0.1) is 0 Å². The second-order valence-electron chi connectivity index (χ2n) is 8.89. The second-order valence-corrected chi connectivity index (χ2v) is 8.89. The summed E-state index contributed by atoms with van der Waals surface area (Å²) in [6.07, 6.45) is 0.215. The minimum absolute atomic E-state index is 0.0135.